The maximum Gasteiger partial charge on any atom is 0.411 e. The summed E-state index contributed by atoms with van der Waals surface area (Å²) in [7, 11) is -4.00. The van der Waals surface area contributed by atoms with Gasteiger partial charge in [-0.3, -0.25) is 14.4 Å². The number of carbonyl (C=O) groups is 3. The van der Waals surface area contributed by atoms with Crippen LogP contribution in [0.3, 0.4) is 0 Å². The maximum absolute atomic E-state index is 12.8. The van der Waals surface area contributed by atoms with Crippen molar-refractivity contribution in [1.29, 1.82) is 0 Å². The molecule has 1 aliphatic rings. The Balaban J connectivity index is 2.50. The van der Waals surface area contributed by atoms with Crippen molar-refractivity contribution in [1.82, 2.24) is 0 Å². The van der Waals surface area contributed by atoms with E-state index in [1.165, 1.54) is 0 Å². The molecule has 0 aliphatic heterocycles. The number of ketones is 3. The highest BCUT2D eigenvalue weighted by Crippen LogP contribution is 2.32. The van der Waals surface area contributed by atoms with E-state index in [-0.39, 0.29) is 0 Å². The number of halogens is 4. The van der Waals surface area contributed by atoms with Gasteiger partial charge in [0.15, 0.2) is 27.2 Å². The van der Waals surface area contributed by atoms with E-state index < -0.39 is 92.2 Å². The zero-order valence-electron chi connectivity index (χ0n) is 15.3. The van der Waals surface area contributed by atoms with Gasteiger partial charge < -0.3 is 14.9 Å². The first-order valence-corrected chi connectivity index (χ1v) is 10.6. The highest BCUT2D eigenvalue weighted by Gasteiger charge is 2.46. The van der Waals surface area contributed by atoms with Crippen molar-refractivity contribution >= 4 is 38.8 Å². The number of alkyl halides is 3. The van der Waals surface area contributed by atoms with E-state index in [2.05, 4.69) is 4.74 Å². The Morgan fingerprint density at radius 2 is 1.73 bits per heavy atom. The Bertz CT molecular complexity index is 969. The molecular weight excluding hydrogens is 457 g/mol. The molecule has 0 spiro atoms. The predicted octanol–water partition coefficient (Wildman–Crippen LogP) is 0.885. The molecule has 0 amide bonds. The lowest BCUT2D eigenvalue weighted by atomic mass is 9.78. The van der Waals surface area contributed by atoms with E-state index in [1.54, 1.807) is 0 Å². The molecule has 1 unspecified atom stereocenters. The van der Waals surface area contributed by atoms with Crippen LogP contribution in [0, 0.1) is 5.92 Å². The van der Waals surface area contributed by atoms with Crippen molar-refractivity contribution in [2.75, 3.05) is 12.9 Å². The second-order valence-electron chi connectivity index (χ2n) is 6.65. The highest BCUT2D eigenvalue weighted by molar-refractivity contribution is 7.90. The third kappa shape index (κ3) is 5.24. The number of aliphatic hydroxyl groups excluding tert-OH is 2. The smallest absolute Gasteiger partial charge is 0.385 e. The summed E-state index contributed by atoms with van der Waals surface area (Å²) in [5, 5.41) is 18.7. The molecular formula is C17H16ClF3O8S. The fourth-order valence-electron chi connectivity index (χ4n) is 2.93. The molecule has 2 rings (SSSR count). The molecule has 13 heteroatoms. The summed E-state index contributed by atoms with van der Waals surface area (Å²) in [6, 6.07) is 1.77. The first kappa shape index (κ1) is 24.4. The van der Waals surface area contributed by atoms with Crippen LogP contribution < -0.4 is 0 Å². The van der Waals surface area contributed by atoms with Gasteiger partial charge in [-0.05, 0) is 12.1 Å². The van der Waals surface area contributed by atoms with Crippen molar-refractivity contribution in [2.24, 2.45) is 5.92 Å². The van der Waals surface area contributed by atoms with Crippen LogP contribution in [-0.4, -0.2) is 67.2 Å². The average molecular weight is 473 g/mol. The molecule has 0 radical (unpaired) electrons. The molecule has 1 fully saturated rings. The second-order valence-corrected chi connectivity index (χ2v) is 9.02. The number of sulfone groups is 1. The lowest BCUT2D eigenvalue weighted by Gasteiger charge is -2.26. The van der Waals surface area contributed by atoms with Gasteiger partial charge in [0.1, 0.15) is 24.7 Å². The summed E-state index contributed by atoms with van der Waals surface area (Å²) in [5.74, 6) is -5.67. The van der Waals surface area contributed by atoms with Crippen LogP contribution in [0.15, 0.2) is 17.0 Å². The van der Waals surface area contributed by atoms with Crippen molar-refractivity contribution < 1.29 is 50.9 Å². The zero-order chi connectivity index (χ0) is 23.0. The van der Waals surface area contributed by atoms with E-state index in [0.717, 1.165) is 18.4 Å². The first-order chi connectivity index (χ1) is 13.6. The lowest BCUT2D eigenvalue weighted by Crippen LogP contribution is -2.50. The molecule has 1 aliphatic carbocycles. The van der Waals surface area contributed by atoms with Crippen LogP contribution in [0.25, 0.3) is 0 Å². The maximum atomic E-state index is 12.8. The Hall–Kier alpha value is -1.86. The van der Waals surface area contributed by atoms with Gasteiger partial charge in [-0.25, -0.2) is 8.42 Å². The van der Waals surface area contributed by atoms with E-state index >= 15 is 0 Å². The number of hydrogen-bond acceptors (Lipinski definition) is 8. The molecule has 3 atom stereocenters. The Morgan fingerprint density at radius 3 is 2.20 bits per heavy atom. The summed E-state index contributed by atoms with van der Waals surface area (Å²) >= 11 is 6.06. The van der Waals surface area contributed by atoms with Crippen LogP contribution in [0.2, 0.25) is 5.02 Å². The van der Waals surface area contributed by atoms with Crippen LogP contribution >= 0.6 is 11.6 Å². The van der Waals surface area contributed by atoms with Gasteiger partial charge in [-0.15, -0.1) is 0 Å². The molecule has 1 saturated carbocycles. The largest absolute Gasteiger partial charge is 0.411 e. The van der Waals surface area contributed by atoms with Crippen molar-refractivity contribution in [2.45, 2.75) is 36.3 Å². The summed E-state index contributed by atoms with van der Waals surface area (Å²) in [4.78, 5) is 36.5. The third-order valence-corrected chi connectivity index (χ3v) is 5.93. The quantitative estimate of drug-likeness (QED) is 0.460. The van der Waals surface area contributed by atoms with Crippen LogP contribution in [0.5, 0.6) is 0 Å². The molecule has 0 aromatic heterocycles. The van der Waals surface area contributed by atoms with Gasteiger partial charge in [0, 0.05) is 23.8 Å². The lowest BCUT2D eigenvalue weighted by molar-refractivity contribution is -0.176. The molecule has 0 saturated heterocycles. The van der Waals surface area contributed by atoms with Gasteiger partial charge in [-0.1, -0.05) is 11.6 Å². The minimum atomic E-state index is -4.71. The molecule has 1 aromatic rings. The minimum Gasteiger partial charge on any atom is -0.385 e. The van der Waals surface area contributed by atoms with Crippen LogP contribution in [0.4, 0.5) is 13.2 Å². The molecule has 2 N–H and O–H groups in total. The van der Waals surface area contributed by atoms with Gasteiger partial charge in [0.2, 0.25) is 0 Å². The SMILES string of the molecule is CS(=O)(=O)c1ccc(C(=O)C2C(=O)[C@H](O)C[C@H](O)C2=O)c(Cl)c1COCC(F)(F)F. The normalized spacial score (nSPS) is 23.0. The van der Waals surface area contributed by atoms with E-state index in [1.807, 2.05) is 0 Å². The van der Waals surface area contributed by atoms with Crippen molar-refractivity contribution in [3.05, 3.63) is 28.3 Å². The van der Waals surface area contributed by atoms with Gasteiger partial charge >= 0.3 is 6.18 Å². The fraction of sp³-hybridized carbons (Fsp3) is 0.471. The molecule has 0 heterocycles. The number of carbonyl (C=O) groups excluding carboxylic acids is 3. The number of aliphatic hydroxyl groups is 2. The van der Waals surface area contributed by atoms with Gasteiger partial charge in [0.25, 0.3) is 0 Å². The average Bonchev–Trinajstić information content (AvgIpc) is 2.59. The number of rotatable bonds is 6. The summed E-state index contributed by atoms with van der Waals surface area (Å²) in [6.45, 7) is -2.65. The first-order valence-electron chi connectivity index (χ1n) is 8.29. The topological polar surface area (TPSA) is 135 Å². The van der Waals surface area contributed by atoms with E-state index in [0.29, 0.717) is 0 Å². The third-order valence-electron chi connectivity index (χ3n) is 4.31. The number of hydrogen-bond donors (Lipinski definition) is 2. The minimum absolute atomic E-state index is 0.467. The van der Waals surface area contributed by atoms with Crippen LogP contribution in [0.1, 0.15) is 22.3 Å². The van der Waals surface area contributed by atoms with Gasteiger partial charge in [0.05, 0.1) is 16.5 Å². The number of ether oxygens (including phenoxy) is 1. The number of Topliss-reactive ketones (excluding diaryl/α,β-unsaturated/α-hetero) is 3. The van der Waals surface area contributed by atoms with E-state index in [9.17, 15) is 46.2 Å². The Labute approximate surface area is 173 Å². The molecule has 8 nitrogen and oxygen atoms in total. The highest BCUT2D eigenvalue weighted by atomic mass is 35.5. The zero-order valence-corrected chi connectivity index (χ0v) is 16.8. The van der Waals surface area contributed by atoms with Gasteiger partial charge in [-0.2, -0.15) is 13.2 Å². The van der Waals surface area contributed by atoms with E-state index in [4.69, 9.17) is 11.6 Å². The Kier molecular flexibility index (Phi) is 7.09. The molecule has 166 valence electrons. The van der Waals surface area contributed by atoms with Crippen LogP contribution in [-0.2, 0) is 30.8 Å². The summed E-state index contributed by atoms with van der Waals surface area (Å²) in [6.07, 6.45) is -8.10. The molecule has 0 bridgehead atoms. The summed E-state index contributed by atoms with van der Waals surface area (Å²) in [5.41, 5.74) is -1.01. The molecule has 1 aromatic carbocycles. The second kappa shape index (κ2) is 8.71. The number of benzene rings is 1. The summed E-state index contributed by atoms with van der Waals surface area (Å²) < 4.78 is 65.4. The van der Waals surface area contributed by atoms with Crippen molar-refractivity contribution in [3.63, 3.8) is 0 Å². The standard InChI is InChI=1S/C17H16ClF3O8S/c1-30(27,28)11-3-2-7(13(18)8(11)5-29-6-17(19,20)21)14(24)12-15(25)9(22)4-10(23)16(12)26/h2-3,9-10,12,22-23H,4-6H2,1H3/t9-,10+,12?. The monoisotopic (exact) mass is 472 g/mol. The predicted molar refractivity (Wildman–Crippen MR) is 94.7 cm³/mol. The fourth-order valence-corrected chi connectivity index (χ4v) is 4.22. The molecule has 30 heavy (non-hydrogen) atoms. The van der Waals surface area contributed by atoms with Crippen molar-refractivity contribution in [3.8, 4) is 0 Å². The Morgan fingerprint density at radius 1 is 1.20 bits per heavy atom.